The van der Waals surface area contributed by atoms with E-state index in [0.29, 0.717) is 24.4 Å². The molecule has 25 heavy (non-hydrogen) atoms. The lowest BCUT2D eigenvalue weighted by atomic mass is 10.0. The van der Waals surface area contributed by atoms with E-state index < -0.39 is 0 Å². The van der Waals surface area contributed by atoms with Gasteiger partial charge in [0, 0.05) is 38.8 Å². The largest absolute Gasteiger partial charge is 0.481 e. The molecular weight excluding hydrogens is 318 g/mol. The van der Waals surface area contributed by atoms with E-state index in [4.69, 9.17) is 9.47 Å². The molecule has 1 fully saturated rings. The van der Waals surface area contributed by atoms with Crippen LogP contribution in [-0.4, -0.2) is 68.9 Å². The van der Waals surface area contributed by atoms with Gasteiger partial charge in [0.15, 0.2) is 5.96 Å². The van der Waals surface area contributed by atoms with Crippen molar-refractivity contribution in [3.05, 3.63) is 23.9 Å². The van der Waals surface area contributed by atoms with Crippen molar-refractivity contribution in [1.29, 1.82) is 0 Å². The highest BCUT2D eigenvalue weighted by molar-refractivity contribution is 5.79. The van der Waals surface area contributed by atoms with Gasteiger partial charge < -0.3 is 20.1 Å². The van der Waals surface area contributed by atoms with Crippen molar-refractivity contribution in [2.24, 2.45) is 10.9 Å². The van der Waals surface area contributed by atoms with Crippen LogP contribution in [0.2, 0.25) is 0 Å². The maximum Gasteiger partial charge on any atom is 0.213 e. The molecule has 0 spiro atoms. The van der Waals surface area contributed by atoms with Crippen LogP contribution in [0.4, 0.5) is 0 Å². The highest BCUT2D eigenvalue weighted by Crippen LogP contribution is 2.12. The number of aliphatic imine (C=N–C) groups is 1. The standard InChI is InChI=1S/C18H31N5O2/c1-14(2)16(23-8-10-25-11-9-23)13-21-18(19-3)20-12-15-6-5-7-17(22-15)24-4/h5-7,14,16H,8-13H2,1-4H3,(H2,19,20,21). The van der Waals surface area contributed by atoms with Crippen LogP contribution >= 0.6 is 0 Å². The van der Waals surface area contributed by atoms with Crippen LogP contribution in [0.25, 0.3) is 0 Å². The third kappa shape index (κ3) is 6.17. The Bertz CT molecular complexity index is 544. The Morgan fingerprint density at radius 3 is 2.72 bits per heavy atom. The number of hydrogen-bond donors (Lipinski definition) is 2. The smallest absolute Gasteiger partial charge is 0.213 e. The van der Waals surface area contributed by atoms with Crippen molar-refractivity contribution in [3.8, 4) is 5.88 Å². The van der Waals surface area contributed by atoms with Crippen molar-refractivity contribution in [2.75, 3.05) is 47.0 Å². The first-order valence-corrected chi connectivity index (χ1v) is 8.90. The Hall–Kier alpha value is -1.86. The minimum atomic E-state index is 0.456. The van der Waals surface area contributed by atoms with E-state index in [-0.39, 0.29) is 0 Å². The summed E-state index contributed by atoms with van der Waals surface area (Å²) in [6.07, 6.45) is 0. The number of nitrogens with one attached hydrogen (secondary N) is 2. The molecule has 0 aromatic carbocycles. The van der Waals surface area contributed by atoms with Gasteiger partial charge in [0.25, 0.3) is 0 Å². The monoisotopic (exact) mass is 349 g/mol. The summed E-state index contributed by atoms with van der Waals surface area (Å²) in [7, 11) is 3.41. The SMILES string of the molecule is CN=C(NCc1cccc(OC)n1)NCC(C(C)C)N1CCOCC1. The molecule has 0 aliphatic carbocycles. The second-order valence-electron chi connectivity index (χ2n) is 6.44. The van der Waals surface area contributed by atoms with Gasteiger partial charge in [-0.25, -0.2) is 4.98 Å². The first-order chi connectivity index (χ1) is 12.1. The maximum absolute atomic E-state index is 5.47. The van der Waals surface area contributed by atoms with Gasteiger partial charge in [-0.2, -0.15) is 0 Å². The molecule has 7 nitrogen and oxygen atoms in total. The van der Waals surface area contributed by atoms with Crippen LogP contribution in [0.1, 0.15) is 19.5 Å². The molecule has 0 bridgehead atoms. The summed E-state index contributed by atoms with van der Waals surface area (Å²) in [4.78, 5) is 11.2. The van der Waals surface area contributed by atoms with E-state index in [9.17, 15) is 0 Å². The normalized spacial score (nSPS) is 17.4. The van der Waals surface area contributed by atoms with Gasteiger partial charge in [0.1, 0.15) is 0 Å². The van der Waals surface area contributed by atoms with Gasteiger partial charge in [0.2, 0.25) is 5.88 Å². The van der Waals surface area contributed by atoms with Crippen molar-refractivity contribution in [2.45, 2.75) is 26.4 Å². The van der Waals surface area contributed by atoms with E-state index in [0.717, 1.165) is 44.5 Å². The Morgan fingerprint density at radius 2 is 2.08 bits per heavy atom. The summed E-state index contributed by atoms with van der Waals surface area (Å²) < 4.78 is 10.6. The van der Waals surface area contributed by atoms with Gasteiger partial charge in [0.05, 0.1) is 32.6 Å². The van der Waals surface area contributed by atoms with Crippen molar-refractivity contribution in [1.82, 2.24) is 20.5 Å². The van der Waals surface area contributed by atoms with E-state index in [1.807, 2.05) is 18.2 Å². The molecule has 140 valence electrons. The number of ether oxygens (including phenoxy) is 2. The van der Waals surface area contributed by atoms with Crippen molar-refractivity contribution < 1.29 is 9.47 Å². The predicted octanol–water partition coefficient (Wildman–Crippen LogP) is 1.11. The topological polar surface area (TPSA) is 71.0 Å². The van der Waals surface area contributed by atoms with Crippen LogP contribution in [0, 0.1) is 5.92 Å². The molecule has 1 saturated heterocycles. The van der Waals surface area contributed by atoms with Crippen LogP contribution < -0.4 is 15.4 Å². The minimum absolute atomic E-state index is 0.456. The summed E-state index contributed by atoms with van der Waals surface area (Å²) in [6.45, 7) is 9.59. The molecule has 2 heterocycles. The van der Waals surface area contributed by atoms with Crippen LogP contribution in [0.3, 0.4) is 0 Å². The summed E-state index contributed by atoms with van der Waals surface area (Å²) in [5.74, 6) is 1.96. The number of pyridine rings is 1. The average Bonchev–Trinajstić information content (AvgIpc) is 2.65. The molecular formula is C18H31N5O2. The van der Waals surface area contributed by atoms with Crippen LogP contribution in [0.5, 0.6) is 5.88 Å². The molecule has 1 aromatic heterocycles. The molecule has 7 heteroatoms. The molecule has 1 unspecified atom stereocenters. The molecule has 1 aliphatic heterocycles. The third-order valence-electron chi connectivity index (χ3n) is 4.41. The van der Waals surface area contributed by atoms with Gasteiger partial charge in [-0.3, -0.25) is 9.89 Å². The maximum atomic E-state index is 5.47. The molecule has 1 aliphatic rings. The zero-order chi connectivity index (χ0) is 18.1. The molecule has 0 saturated carbocycles. The van der Waals surface area contributed by atoms with Crippen LogP contribution in [-0.2, 0) is 11.3 Å². The minimum Gasteiger partial charge on any atom is -0.481 e. The average molecular weight is 349 g/mol. The molecule has 2 rings (SSSR count). The van der Waals surface area contributed by atoms with E-state index in [2.05, 4.69) is 39.4 Å². The number of guanidine groups is 1. The fourth-order valence-electron chi connectivity index (χ4n) is 2.96. The first kappa shape index (κ1) is 19.5. The molecule has 0 amide bonds. The Kier molecular flexibility index (Phi) is 7.94. The zero-order valence-corrected chi connectivity index (χ0v) is 15.8. The number of morpholine rings is 1. The summed E-state index contributed by atoms with van der Waals surface area (Å²) in [6, 6.07) is 6.20. The Balaban J connectivity index is 1.85. The molecule has 0 radical (unpaired) electrons. The third-order valence-corrected chi connectivity index (χ3v) is 4.41. The summed E-state index contributed by atoms with van der Waals surface area (Å²) in [5, 5.41) is 6.76. The number of aromatic nitrogens is 1. The number of nitrogens with zero attached hydrogens (tertiary/aromatic N) is 3. The highest BCUT2D eigenvalue weighted by atomic mass is 16.5. The Morgan fingerprint density at radius 1 is 1.32 bits per heavy atom. The predicted molar refractivity (Wildman–Crippen MR) is 100 cm³/mol. The summed E-state index contributed by atoms with van der Waals surface area (Å²) in [5.41, 5.74) is 0.913. The van der Waals surface area contributed by atoms with Gasteiger partial charge in [-0.05, 0) is 12.0 Å². The zero-order valence-electron chi connectivity index (χ0n) is 15.8. The second-order valence-corrected chi connectivity index (χ2v) is 6.44. The first-order valence-electron chi connectivity index (χ1n) is 8.90. The highest BCUT2D eigenvalue weighted by Gasteiger charge is 2.23. The number of hydrogen-bond acceptors (Lipinski definition) is 5. The number of methoxy groups -OCH3 is 1. The second kappa shape index (κ2) is 10.2. The molecule has 1 atom stereocenters. The lowest BCUT2D eigenvalue weighted by molar-refractivity contribution is 0.00752. The van der Waals surface area contributed by atoms with Gasteiger partial charge in [-0.1, -0.05) is 19.9 Å². The van der Waals surface area contributed by atoms with Gasteiger partial charge in [-0.15, -0.1) is 0 Å². The van der Waals surface area contributed by atoms with Crippen molar-refractivity contribution >= 4 is 5.96 Å². The van der Waals surface area contributed by atoms with Crippen LogP contribution in [0.15, 0.2) is 23.2 Å². The lowest BCUT2D eigenvalue weighted by Gasteiger charge is -2.37. The fourth-order valence-corrected chi connectivity index (χ4v) is 2.96. The Labute approximate surface area is 150 Å². The summed E-state index contributed by atoms with van der Waals surface area (Å²) >= 11 is 0. The van der Waals surface area contributed by atoms with Gasteiger partial charge >= 0.3 is 0 Å². The quantitative estimate of drug-likeness (QED) is 0.568. The fraction of sp³-hybridized carbons (Fsp3) is 0.667. The molecule has 2 N–H and O–H groups in total. The van der Waals surface area contributed by atoms with E-state index in [1.165, 1.54) is 0 Å². The van der Waals surface area contributed by atoms with E-state index >= 15 is 0 Å². The number of rotatable bonds is 7. The lowest BCUT2D eigenvalue weighted by Crippen LogP contribution is -2.52. The van der Waals surface area contributed by atoms with E-state index in [1.54, 1.807) is 14.2 Å². The molecule has 1 aromatic rings. The van der Waals surface area contributed by atoms with Crippen molar-refractivity contribution in [3.63, 3.8) is 0 Å².